The predicted octanol–water partition coefficient (Wildman–Crippen LogP) is -0.151. The Morgan fingerprint density at radius 3 is 2.75 bits per heavy atom. The first kappa shape index (κ1) is 12.7. The maximum Gasteiger partial charge on any atom is 0.335 e. The number of nitrogens with one attached hydrogen (secondary N) is 1. The first-order chi connectivity index (χ1) is 7.22. The third-order valence-electron chi connectivity index (χ3n) is 1.97. The molecule has 1 unspecified atom stereocenters. The summed E-state index contributed by atoms with van der Waals surface area (Å²) in [5, 5.41) is 11.6. The Morgan fingerprint density at radius 1 is 1.62 bits per heavy atom. The zero-order valence-electron chi connectivity index (χ0n) is 8.93. The summed E-state index contributed by atoms with van der Waals surface area (Å²) in [4.78, 5) is 10.7. The maximum atomic E-state index is 10.8. The van der Waals surface area contributed by atoms with E-state index in [1.165, 1.54) is 18.4 Å². The van der Waals surface area contributed by atoms with E-state index in [0.717, 1.165) is 6.26 Å². The maximum absolute atomic E-state index is 10.8. The second kappa shape index (κ2) is 4.26. The van der Waals surface area contributed by atoms with Gasteiger partial charge in [0.1, 0.15) is 0 Å². The molecule has 0 aliphatic carbocycles. The summed E-state index contributed by atoms with van der Waals surface area (Å²) in [6.07, 6.45) is 5.21. The van der Waals surface area contributed by atoms with Crippen molar-refractivity contribution in [3.05, 3.63) is 23.9 Å². The van der Waals surface area contributed by atoms with Crippen LogP contribution in [0.5, 0.6) is 0 Å². The minimum Gasteiger partial charge on any atom is -0.478 e. The van der Waals surface area contributed by atoms with Crippen LogP contribution >= 0.6 is 0 Å². The minimum absolute atomic E-state index is 0.0957. The van der Waals surface area contributed by atoms with Gasteiger partial charge in [-0.05, 0) is 25.3 Å². The van der Waals surface area contributed by atoms with Crippen molar-refractivity contribution in [2.45, 2.75) is 12.5 Å². The predicted molar refractivity (Wildman–Crippen MR) is 57.2 cm³/mol. The molecule has 16 heavy (non-hydrogen) atoms. The first-order valence-electron chi connectivity index (χ1n) is 4.47. The Labute approximate surface area is 93.7 Å². The van der Waals surface area contributed by atoms with E-state index in [4.69, 9.17) is 5.11 Å². The van der Waals surface area contributed by atoms with Crippen LogP contribution in [0.4, 0.5) is 0 Å². The third-order valence-corrected chi connectivity index (χ3v) is 2.52. The molecule has 0 aromatic carbocycles. The van der Waals surface area contributed by atoms with E-state index in [1.807, 2.05) is 0 Å². The molecule has 0 bridgehead atoms. The lowest BCUT2D eigenvalue weighted by Crippen LogP contribution is -2.44. The van der Waals surface area contributed by atoms with E-state index in [2.05, 4.69) is 9.50 Å². The largest absolute Gasteiger partial charge is 0.478 e. The van der Waals surface area contributed by atoms with Gasteiger partial charge in [-0.3, -0.25) is 4.18 Å². The van der Waals surface area contributed by atoms with Crippen LogP contribution in [0.2, 0.25) is 0 Å². The molecule has 6 nitrogen and oxygen atoms in total. The molecular formula is C9H13NO5S. The fourth-order valence-electron chi connectivity index (χ4n) is 1.20. The Balaban J connectivity index is 2.79. The van der Waals surface area contributed by atoms with Crippen LogP contribution in [0, 0.1) is 0 Å². The second-order valence-corrected chi connectivity index (χ2v) is 5.41. The van der Waals surface area contributed by atoms with E-state index < -0.39 is 21.6 Å². The molecule has 0 radical (unpaired) electrons. The van der Waals surface area contributed by atoms with Crippen molar-refractivity contribution in [3.8, 4) is 0 Å². The molecule has 0 amide bonds. The Morgan fingerprint density at radius 2 is 2.25 bits per heavy atom. The summed E-state index contributed by atoms with van der Waals surface area (Å²) in [5.74, 6) is -1.07. The van der Waals surface area contributed by atoms with E-state index >= 15 is 0 Å². The molecule has 2 N–H and O–H groups in total. The highest BCUT2D eigenvalue weighted by Gasteiger charge is 2.26. The highest BCUT2D eigenvalue weighted by molar-refractivity contribution is 7.85. The quantitative estimate of drug-likeness (QED) is 0.671. The van der Waals surface area contributed by atoms with Crippen molar-refractivity contribution in [2.75, 3.05) is 12.9 Å². The van der Waals surface area contributed by atoms with Crippen molar-refractivity contribution >= 4 is 16.1 Å². The van der Waals surface area contributed by atoms with Crippen LogP contribution in [0.3, 0.4) is 0 Å². The summed E-state index contributed by atoms with van der Waals surface area (Å²) in [6, 6.07) is 0. The van der Waals surface area contributed by atoms with Crippen LogP contribution in [0.25, 0.3) is 0 Å². The molecule has 1 heterocycles. The van der Waals surface area contributed by atoms with Gasteiger partial charge in [0, 0.05) is 0 Å². The summed E-state index contributed by atoms with van der Waals surface area (Å²) >= 11 is 0. The van der Waals surface area contributed by atoms with E-state index in [0.29, 0.717) is 0 Å². The number of hydrogen-bond acceptors (Lipinski definition) is 5. The van der Waals surface area contributed by atoms with Gasteiger partial charge >= 0.3 is 5.97 Å². The lowest BCUT2D eigenvalue weighted by atomic mass is 9.97. The van der Waals surface area contributed by atoms with E-state index in [-0.39, 0.29) is 12.2 Å². The average Bonchev–Trinajstić information content (AvgIpc) is 2.14. The number of hydrogen-bond donors (Lipinski definition) is 2. The van der Waals surface area contributed by atoms with Gasteiger partial charge in [-0.1, -0.05) is 0 Å². The van der Waals surface area contributed by atoms with Crippen LogP contribution in [0.15, 0.2) is 23.9 Å². The molecule has 0 aromatic heterocycles. The second-order valence-electron chi connectivity index (χ2n) is 3.77. The monoisotopic (exact) mass is 247 g/mol. The fraction of sp³-hybridized carbons (Fsp3) is 0.444. The topological polar surface area (TPSA) is 92.7 Å². The Hall–Kier alpha value is -1.34. The molecule has 1 aliphatic heterocycles. The SMILES string of the molecule is CC1(COS(C)(=O)=O)C=C(C(=O)O)C=CN1. The van der Waals surface area contributed by atoms with Gasteiger partial charge in [-0.15, -0.1) is 0 Å². The molecule has 1 rings (SSSR count). The number of carboxylic acid groups (broad SMARTS) is 1. The molecule has 1 aliphatic rings. The molecule has 90 valence electrons. The standard InChI is InChI=1S/C9H13NO5S/c1-9(6-15-16(2,13)14)5-7(8(11)12)3-4-10-9/h3-5,10H,6H2,1-2H3,(H,11,12). The third kappa shape index (κ3) is 3.67. The van der Waals surface area contributed by atoms with Gasteiger partial charge < -0.3 is 10.4 Å². The van der Waals surface area contributed by atoms with Crippen molar-refractivity contribution in [1.29, 1.82) is 0 Å². The van der Waals surface area contributed by atoms with Crippen molar-refractivity contribution in [3.63, 3.8) is 0 Å². The fourth-order valence-corrected chi connectivity index (χ4v) is 1.66. The molecule has 0 fully saturated rings. The Kier molecular flexibility index (Phi) is 3.39. The van der Waals surface area contributed by atoms with Gasteiger partial charge in [0.25, 0.3) is 10.1 Å². The van der Waals surface area contributed by atoms with Gasteiger partial charge in [0.05, 0.1) is 24.0 Å². The molecule has 0 saturated carbocycles. The average molecular weight is 247 g/mol. The first-order valence-corrected chi connectivity index (χ1v) is 6.28. The van der Waals surface area contributed by atoms with Crippen LogP contribution in [0.1, 0.15) is 6.92 Å². The van der Waals surface area contributed by atoms with Crippen molar-refractivity contribution in [1.82, 2.24) is 5.32 Å². The van der Waals surface area contributed by atoms with Crippen LogP contribution in [-0.2, 0) is 19.1 Å². The number of carbonyl (C=O) groups is 1. The number of aliphatic carboxylic acids is 1. The molecule has 0 saturated heterocycles. The lowest BCUT2D eigenvalue weighted by molar-refractivity contribution is -0.132. The van der Waals surface area contributed by atoms with Gasteiger partial charge in [-0.2, -0.15) is 8.42 Å². The zero-order valence-corrected chi connectivity index (χ0v) is 9.74. The molecule has 7 heteroatoms. The number of rotatable bonds is 4. The van der Waals surface area contributed by atoms with E-state index in [1.54, 1.807) is 6.92 Å². The highest BCUT2D eigenvalue weighted by atomic mass is 32.2. The smallest absolute Gasteiger partial charge is 0.335 e. The normalized spacial score (nSPS) is 24.8. The highest BCUT2D eigenvalue weighted by Crippen LogP contribution is 2.16. The molecule has 0 spiro atoms. The molecule has 1 atom stereocenters. The van der Waals surface area contributed by atoms with Crippen LogP contribution < -0.4 is 5.32 Å². The van der Waals surface area contributed by atoms with Gasteiger partial charge in [0.2, 0.25) is 0 Å². The van der Waals surface area contributed by atoms with Gasteiger partial charge in [-0.25, -0.2) is 4.79 Å². The summed E-state index contributed by atoms with van der Waals surface area (Å²) in [6.45, 7) is 1.48. The van der Waals surface area contributed by atoms with Gasteiger partial charge in [0.15, 0.2) is 0 Å². The summed E-state index contributed by atoms with van der Waals surface area (Å²) < 4.78 is 26.3. The summed E-state index contributed by atoms with van der Waals surface area (Å²) in [7, 11) is -3.54. The summed E-state index contributed by atoms with van der Waals surface area (Å²) in [5.41, 5.74) is -0.746. The molecular weight excluding hydrogens is 234 g/mol. The molecule has 0 aromatic rings. The van der Waals surface area contributed by atoms with Crippen molar-refractivity contribution < 1.29 is 22.5 Å². The van der Waals surface area contributed by atoms with Crippen LogP contribution in [-0.4, -0.2) is 37.9 Å². The zero-order chi connectivity index (χ0) is 12.4. The number of carboxylic acids is 1. The minimum atomic E-state index is -3.54. The van der Waals surface area contributed by atoms with Crippen molar-refractivity contribution in [2.24, 2.45) is 0 Å². The van der Waals surface area contributed by atoms with E-state index in [9.17, 15) is 13.2 Å². The Bertz CT molecular complexity index is 451. The lowest BCUT2D eigenvalue weighted by Gasteiger charge is -2.28. The number of dihydropyridines is 1.